The maximum atomic E-state index is 14.1. The van der Waals surface area contributed by atoms with Crippen LogP contribution in [0.15, 0.2) is 71.1 Å². The second-order valence-corrected chi connectivity index (χ2v) is 12.2. The summed E-state index contributed by atoms with van der Waals surface area (Å²) in [7, 11) is 2.58. The van der Waals surface area contributed by atoms with Gasteiger partial charge in [-0.25, -0.2) is 19.0 Å². The summed E-state index contributed by atoms with van der Waals surface area (Å²) in [5, 5.41) is 8.55. The van der Waals surface area contributed by atoms with Crippen molar-refractivity contribution < 1.29 is 9.13 Å². The number of nitrogens with two attached hydrogens (primary N) is 1. The summed E-state index contributed by atoms with van der Waals surface area (Å²) in [6, 6.07) is 16.8. The summed E-state index contributed by atoms with van der Waals surface area (Å²) in [5.74, 6) is 0.942. The summed E-state index contributed by atoms with van der Waals surface area (Å²) in [4.78, 5) is 23.7. The number of hydrogen-bond acceptors (Lipinski definition) is 7. The van der Waals surface area contributed by atoms with Gasteiger partial charge < -0.3 is 10.5 Å². The Labute approximate surface area is 251 Å². The number of alkyl halides is 1. The smallest absolute Gasteiger partial charge is 0.265 e. The average Bonchev–Trinajstić information content (AvgIpc) is 3.62. The van der Waals surface area contributed by atoms with E-state index in [4.69, 9.17) is 27.2 Å². The van der Waals surface area contributed by atoms with Crippen LogP contribution in [0.2, 0.25) is 5.15 Å². The van der Waals surface area contributed by atoms with E-state index in [1.807, 2.05) is 53.2 Å². The molecule has 42 heavy (non-hydrogen) atoms. The number of benzene rings is 2. The van der Waals surface area contributed by atoms with Crippen molar-refractivity contribution in [3.05, 3.63) is 87.4 Å². The molecule has 1 saturated carbocycles. The number of thiazole rings is 1. The van der Waals surface area contributed by atoms with Gasteiger partial charge in [-0.05, 0) is 54.2 Å². The fourth-order valence-corrected chi connectivity index (χ4v) is 7.05. The number of halogens is 2. The summed E-state index contributed by atoms with van der Waals surface area (Å²) in [6.07, 6.45) is 1.94. The first-order valence-corrected chi connectivity index (χ1v) is 15.2. The van der Waals surface area contributed by atoms with Gasteiger partial charge in [0.25, 0.3) is 5.56 Å². The van der Waals surface area contributed by atoms with Crippen molar-refractivity contribution in [2.24, 2.45) is 5.92 Å². The van der Waals surface area contributed by atoms with Crippen molar-refractivity contribution in [3.8, 4) is 28.1 Å². The highest BCUT2D eigenvalue weighted by molar-refractivity contribution is 7.27. The van der Waals surface area contributed by atoms with E-state index in [0.717, 1.165) is 34.4 Å². The van der Waals surface area contributed by atoms with Crippen molar-refractivity contribution in [2.45, 2.75) is 32.2 Å². The molecule has 0 amide bonds. The fraction of sp³-hybridized carbons (Fsp3) is 0.200. The minimum absolute atomic E-state index is 0.179. The van der Waals surface area contributed by atoms with E-state index < -0.39 is 6.36 Å². The quantitative estimate of drug-likeness (QED) is 0.212. The monoisotopic (exact) mass is 618 g/mol. The third-order valence-corrected chi connectivity index (χ3v) is 9.24. The number of ether oxygens (including phenoxy) is 1. The summed E-state index contributed by atoms with van der Waals surface area (Å²) in [5.41, 5.74) is 10.4. The molecule has 1 aliphatic carbocycles. The van der Waals surface area contributed by atoms with Gasteiger partial charge in [0.05, 0.1) is 17.0 Å². The third kappa shape index (κ3) is 4.54. The molecule has 212 valence electrons. The van der Waals surface area contributed by atoms with Crippen molar-refractivity contribution in [3.63, 3.8) is 0 Å². The Kier molecular flexibility index (Phi) is 6.72. The number of fused-ring (bicyclic) bond motifs is 2. The van der Waals surface area contributed by atoms with Crippen LogP contribution in [-0.4, -0.2) is 30.5 Å². The van der Waals surface area contributed by atoms with Crippen LogP contribution in [0, 0.1) is 5.92 Å². The van der Waals surface area contributed by atoms with Gasteiger partial charge in [-0.1, -0.05) is 41.9 Å². The largest absolute Gasteiger partial charge is 0.460 e. The zero-order valence-corrected chi connectivity index (χ0v) is 25.1. The number of nitrogen functional groups attached to an aromatic ring is 1. The van der Waals surface area contributed by atoms with Gasteiger partial charge in [-0.3, -0.25) is 9.20 Å². The summed E-state index contributed by atoms with van der Waals surface area (Å²) in [6.45, 7) is 1.33. The Morgan fingerprint density at radius 1 is 1.14 bits per heavy atom. The van der Waals surface area contributed by atoms with Crippen LogP contribution in [0.3, 0.4) is 0 Å². The van der Waals surface area contributed by atoms with E-state index in [-0.39, 0.29) is 17.5 Å². The van der Waals surface area contributed by atoms with Gasteiger partial charge in [0.2, 0.25) is 6.36 Å². The number of rotatable bonds is 7. The van der Waals surface area contributed by atoms with Gasteiger partial charge >= 0.3 is 0 Å². The molecule has 1 fully saturated rings. The van der Waals surface area contributed by atoms with Gasteiger partial charge in [-0.2, -0.15) is 5.10 Å². The Morgan fingerprint density at radius 3 is 2.64 bits per heavy atom. The number of aromatic nitrogens is 5. The minimum atomic E-state index is -1.45. The Morgan fingerprint density at radius 2 is 1.93 bits per heavy atom. The van der Waals surface area contributed by atoms with E-state index in [9.17, 15) is 9.18 Å². The van der Waals surface area contributed by atoms with Crippen LogP contribution in [-0.2, 0) is 0 Å². The molecule has 0 saturated heterocycles. The lowest BCUT2D eigenvalue weighted by Gasteiger charge is -2.22. The molecule has 12 heteroatoms. The van der Waals surface area contributed by atoms with Crippen LogP contribution in [0.25, 0.3) is 38.2 Å². The van der Waals surface area contributed by atoms with E-state index in [0.29, 0.717) is 44.3 Å². The highest BCUT2D eigenvalue weighted by atomic mass is 35.5. The maximum Gasteiger partial charge on any atom is 0.265 e. The van der Waals surface area contributed by atoms with E-state index >= 15 is 0 Å². The van der Waals surface area contributed by atoms with Crippen LogP contribution >= 0.6 is 32.2 Å². The maximum absolute atomic E-state index is 14.1. The molecule has 2 unspecified atom stereocenters. The van der Waals surface area contributed by atoms with Crippen molar-refractivity contribution in [2.75, 3.05) is 5.73 Å². The Balaban J connectivity index is 1.49. The zero-order chi connectivity index (χ0) is 29.1. The predicted molar refractivity (Wildman–Crippen MR) is 169 cm³/mol. The second-order valence-electron chi connectivity index (χ2n) is 10.3. The average molecular weight is 619 g/mol. The molecular formula is C30H25ClFN6O2PS. The molecule has 0 bridgehead atoms. The van der Waals surface area contributed by atoms with Crippen molar-refractivity contribution in [1.82, 2.24) is 24.1 Å². The normalized spacial score (nSPS) is 14.9. The third-order valence-electron chi connectivity index (χ3n) is 7.50. The van der Waals surface area contributed by atoms with E-state index in [1.54, 1.807) is 15.8 Å². The van der Waals surface area contributed by atoms with Gasteiger partial charge in [0.1, 0.15) is 33.6 Å². The minimum Gasteiger partial charge on any atom is -0.460 e. The van der Waals surface area contributed by atoms with Crippen LogP contribution in [0.5, 0.6) is 5.75 Å². The molecule has 7 rings (SSSR count). The molecule has 2 aromatic carbocycles. The molecule has 1 aliphatic rings. The highest BCUT2D eigenvalue weighted by Gasteiger charge is 2.39. The molecule has 0 spiro atoms. The number of nitrogens with zero attached hydrogens (tertiary/aromatic N) is 5. The number of anilines is 1. The lowest BCUT2D eigenvalue weighted by atomic mass is 9.94. The first-order chi connectivity index (χ1) is 20.3. The lowest BCUT2D eigenvalue weighted by Crippen LogP contribution is -2.23. The Bertz CT molecular complexity index is 2040. The molecular weight excluding hydrogens is 594 g/mol. The Hall–Kier alpha value is -3.85. The molecule has 4 heterocycles. The molecule has 0 radical (unpaired) electrons. The van der Waals surface area contributed by atoms with Gasteiger partial charge in [0, 0.05) is 23.2 Å². The van der Waals surface area contributed by atoms with Crippen LogP contribution in [0.4, 0.5) is 10.2 Å². The molecule has 8 nitrogen and oxygen atoms in total. The molecule has 3 atom stereocenters. The van der Waals surface area contributed by atoms with Crippen molar-refractivity contribution >= 4 is 59.2 Å². The van der Waals surface area contributed by atoms with Crippen molar-refractivity contribution in [1.29, 1.82) is 0 Å². The molecule has 2 N–H and O–H groups in total. The molecule has 4 aromatic heterocycles. The zero-order valence-electron chi connectivity index (χ0n) is 22.4. The topological polar surface area (TPSA) is 100 Å². The van der Waals surface area contributed by atoms with E-state index in [2.05, 4.69) is 19.2 Å². The number of hydrogen-bond donors (Lipinski definition) is 1. The second kappa shape index (κ2) is 10.5. The van der Waals surface area contributed by atoms with Crippen LogP contribution in [0.1, 0.15) is 31.4 Å². The first-order valence-electron chi connectivity index (χ1n) is 13.4. The van der Waals surface area contributed by atoms with E-state index in [1.165, 1.54) is 24.6 Å². The summed E-state index contributed by atoms with van der Waals surface area (Å²) < 4.78 is 22.3. The molecule has 0 aliphatic heterocycles. The van der Waals surface area contributed by atoms with Crippen LogP contribution < -0.4 is 21.3 Å². The first kappa shape index (κ1) is 27.0. The standard InChI is InChI=1S/C30H25ClFN6O2PS/c1-15(32)40-20-10-9-18(11-21(20)41)26-25-28(33)34-14-35-29(25)38(36-26)27(17-7-8-17)19-12-23-37(22(31)13-42-23)30(39)24(19)16-5-3-2-4-6-16/h2-6,9-15,17,27H,7-8,41H2,1H3,(H2,33,34,35)/t15?,27-/m0/s1. The fourth-order valence-electron chi connectivity index (χ4n) is 5.55. The molecule has 6 aromatic rings. The lowest BCUT2D eigenvalue weighted by molar-refractivity contribution is 0.0873. The predicted octanol–water partition coefficient (Wildman–Crippen LogP) is 6.26. The number of pyridine rings is 1. The highest BCUT2D eigenvalue weighted by Crippen LogP contribution is 2.48. The SMILES string of the molecule is CC(F)Oc1ccc(-c2nn([C@H](c3cc4scc(Cl)n4c(=O)c3-c3ccccc3)C3CC3)c3ncnc(N)c23)cc1P. The summed E-state index contributed by atoms with van der Waals surface area (Å²) >= 11 is 7.89. The van der Waals surface area contributed by atoms with Gasteiger partial charge in [0.15, 0.2) is 5.65 Å². The van der Waals surface area contributed by atoms with Gasteiger partial charge in [-0.15, -0.1) is 20.6 Å².